The van der Waals surface area contributed by atoms with Gasteiger partial charge in [0.2, 0.25) is 0 Å². The molecule has 0 radical (unpaired) electrons. The van der Waals surface area contributed by atoms with Crippen LogP contribution in [0, 0.1) is 13.8 Å². The number of aromatic nitrogens is 2. The van der Waals surface area contributed by atoms with E-state index in [9.17, 15) is 9.90 Å². The second kappa shape index (κ2) is 8.49. The molecule has 0 aliphatic carbocycles. The first-order chi connectivity index (χ1) is 11.5. The number of rotatable bonds is 8. The molecule has 0 bridgehead atoms. The average molecular weight is 331 g/mol. The Morgan fingerprint density at radius 1 is 1.33 bits per heavy atom. The highest BCUT2D eigenvalue weighted by Gasteiger charge is 2.15. The molecule has 0 aliphatic rings. The maximum absolute atomic E-state index is 12.1. The van der Waals surface area contributed by atoms with Crippen LogP contribution in [0.25, 0.3) is 0 Å². The molecule has 2 aromatic rings. The number of amides is 1. The summed E-state index contributed by atoms with van der Waals surface area (Å²) in [4.78, 5) is 12.1. The normalized spacial score (nSPS) is 12.0. The van der Waals surface area contributed by atoms with Crippen LogP contribution in [0.3, 0.4) is 0 Å². The summed E-state index contributed by atoms with van der Waals surface area (Å²) in [6, 6.07) is 9.87. The lowest BCUT2D eigenvalue weighted by molar-refractivity contribution is -0.123. The van der Waals surface area contributed by atoms with E-state index in [1.54, 1.807) is 4.68 Å². The van der Waals surface area contributed by atoms with Crippen LogP contribution in [0.15, 0.2) is 30.3 Å². The van der Waals surface area contributed by atoms with Gasteiger partial charge < -0.3 is 15.2 Å². The molecule has 0 spiro atoms. The topological polar surface area (TPSA) is 76.4 Å². The van der Waals surface area contributed by atoms with Crippen LogP contribution in [-0.2, 0) is 11.8 Å². The lowest BCUT2D eigenvalue weighted by Crippen LogP contribution is -2.32. The molecular formula is C18H25N3O3. The first-order valence-electron chi connectivity index (χ1n) is 8.08. The maximum atomic E-state index is 12.1. The summed E-state index contributed by atoms with van der Waals surface area (Å²) >= 11 is 0. The number of hydrogen-bond donors (Lipinski definition) is 2. The van der Waals surface area contributed by atoms with Crippen molar-refractivity contribution < 1.29 is 14.6 Å². The lowest BCUT2D eigenvalue weighted by atomic mass is 9.96. The van der Waals surface area contributed by atoms with Gasteiger partial charge in [0.05, 0.1) is 5.69 Å². The van der Waals surface area contributed by atoms with Crippen LogP contribution in [0.2, 0.25) is 0 Å². The number of benzene rings is 1. The van der Waals surface area contributed by atoms with E-state index in [-0.39, 0.29) is 25.0 Å². The summed E-state index contributed by atoms with van der Waals surface area (Å²) in [5.74, 6) is 0.557. The Labute approximate surface area is 142 Å². The van der Waals surface area contributed by atoms with Crippen molar-refractivity contribution in [3.63, 3.8) is 0 Å². The van der Waals surface area contributed by atoms with Crippen molar-refractivity contribution in [2.45, 2.75) is 26.2 Å². The van der Waals surface area contributed by atoms with Gasteiger partial charge >= 0.3 is 0 Å². The van der Waals surface area contributed by atoms with Crippen LogP contribution in [0.1, 0.15) is 29.3 Å². The standard InChI is InChI=1S/C18H25N3O3/c1-13-18(14(2)21(3)20-13)24-12-17(23)19-11-16(9-10-22)15-7-5-4-6-8-15/h4-8,16,22H,9-12H2,1-3H3,(H,19,23). The van der Waals surface area contributed by atoms with Crippen molar-refractivity contribution in [3.8, 4) is 5.75 Å². The summed E-state index contributed by atoms with van der Waals surface area (Å²) in [6.45, 7) is 4.26. The SMILES string of the molecule is Cc1nn(C)c(C)c1OCC(=O)NCC(CCO)c1ccccc1. The summed E-state index contributed by atoms with van der Waals surface area (Å²) in [6.07, 6.45) is 0.603. The highest BCUT2D eigenvalue weighted by molar-refractivity contribution is 5.77. The van der Waals surface area contributed by atoms with Crippen molar-refractivity contribution in [1.29, 1.82) is 0 Å². The van der Waals surface area contributed by atoms with Gasteiger partial charge in [-0.1, -0.05) is 30.3 Å². The molecule has 0 saturated heterocycles. The Bertz CT molecular complexity index is 668. The highest BCUT2D eigenvalue weighted by Crippen LogP contribution is 2.21. The number of aliphatic hydroxyl groups excluding tert-OH is 1. The molecule has 6 heteroatoms. The Kier molecular flexibility index (Phi) is 6.37. The second-order valence-corrected chi connectivity index (χ2v) is 5.84. The van der Waals surface area contributed by atoms with Crippen molar-refractivity contribution in [2.75, 3.05) is 19.8 Å². The first kappa shape index (κ1) is 18.0. The van der Waals surface area contributed by atoms with Gasteiger partial charge in [0, 0.05) is 26.1 Å². The Morgan fingerprint density at radius 3 is 2.62 bits per heavy atom. The van der Waals surface area contributed by atoms with Crippen molar-refractivity contribution in [3.05, 3.63) is 47.3 Å². The zero-order valence-corrected chi connectivity index (χ0v) is 14.5. The number of aryl methyl sites for hydroxylation is 2. The second-order valence-electron chi connectivity index (χ2n) is 5.84. The predicted molar refractivity (Wildman–Crippen MR) is 92.1 cm³/mol. The van der Waals surface area contributed by atoms with E-state index in [1.807, 2.05) is 51.2 Å². The average Bonchev–Trinajstić information content (AvgIpc) is 2.82. The van der Waals surface area contributed by atoms with Gasteiger partial charge in [0.1, 0.15) is 5.69 Å². The van der Waals surface area contributed by atoms with Gasteiger partial charge in [0.25, 0.3) is 5.91 Å². The minimum atomic E-state index is -0.184. The fourth-order valence-electron chi connectivity index (χ4n) is 2.66. The first-order valence-corrected chi connectivity index (χ1v) is 8.08. The quantitative estimate of drug-likeness (QED) is 0.772. The van der Waals surface area contributed by atoms with E-state index in [2.05, 4.69) is 10.4 Å². The highest BCUT2D eigenvalue weighted by atomic mass is 16.5. The summed E-state index contributed by atoms with van der Waals surface area (Å²) < 4.78 is 7.33. The van der Waals surface area contributed by atoms with E-state index in [4.69, 9.17) is 4.74 Å². The van der Waals surface area contributed by atoms with Crippen LogP contribution in [0.5, 0.6) is 5.75 Å². The van der Waals surface area contributed by atoms with Gasteiger partial charge in [-0.15, -0.1) is 0 Å². The van der Waals surface area contributed by atoms with E-state index in [0.29, 0.717) is 18.7 Å². The molecule has 1 atom stereocenters. The zero-order chi connectivity index (χ0) is 17.5. The Morgan fingerprint density at radius 2 is 2.04 bits per heavy atom. The van der Waals surface area contributed by atoms with E-state index >= 15 is 0 Å². The third-order valence-electron chi connectivity index (χ3n) is 4.08. The monoisotopic (exact) mass is 331 g/mol. The van der Waals surface area contributed by atoms with E-state index < -0.39 is 0 Å². The molecule has 130 valence electrons. The van der Waals surface area contributed by atoms with Gasteiger partial charge in [-0.3, -0.25) is 9.48 Å². The largest absolute Gasteiger partial charge is 0.480 e. The number of nitrogens with zero attached hydrogens (tertiary/aromatic N) is 2. The minimum absolute atomic E-state index is 0.0476. The van der Waals surface area contributed by atoms with Crippen LogP contribution in [0.4, 0.5) is 0 Å². The lowest BCUT2D eigenvalue weighted by Gasteiger charge is -2.17. The molecule has 0 saturated carbocycles. The number of hydrogen-bond acceptors (Lipinski definition) is 4. The van der Waals surface area contributed by atoms with Crippen LogP contribution < -0.4 is 10.1 Å². The number of ether oxygens (including phenoxy) is 1. The number of carbonyl (C=O) groups is 1. The fourth-order valence-corrected chi connectivity index (χ4v) is 2.66. The van der Waals surface area contributed by atoms with Crippen LogP contribution >= 0.6 is 0 Å². The summed E-state index contributed by atoms with van der Waals surface area (Å²) in [7, 11) is 1.84. The van der Waals surface area contributed by atoms with Gasteiger partial charge in [-0.25, -0.2) is 0 Å². The van der Waals surface area contributed by atoms with Crippen molar-refractivity contribution in [1.82, 2.24) is 15.1 Å². The number of aliphatic hydroxyl groups is 1. The van der Waals surface area contributed by atoms with E-state index in [0.717, 1.165) is 17.0 Å². The molecule has 0 fully saturated rings. The summed E-state index contributed by atoms with van der Waals surface area (Å²) in [5, 5.41) is 16.4. The maximum Gasteiger partial charge on any atom is 0.257 e. The number of nitrogens with one attached hydrogen (secondary N) is 1. The molecule has 1 aromatic heterocycles. The zero-order valence-electron chi connectivity index (χ0n) is 14.5. The Hall–Kier alpha value is -2.34. The molecule has 24 heavy (non-hydrogen) atoms. The van der Waals surface area contributed by atoms with Gasteiger partial charge in [0.15, 0.2) is 12.4 Å². The molecule has 6 nitrogen and oxygen atoms in total. The molecule has 1 unspecified atom stereocenters. The molecule has 2 rings (SSSR count). The molecular weight excluding hydrogens is 306 g/mol. The molecule has 0 aliphatic heterocycles. The molecule has 2 N–H and O–H groups in total. The van der Waals surface area contributed by atoms with Gasteiger partial charge in [-0.05, 0) is 25.8 Å². The predicted octanol–water partition coefficient (Wildman–Crippen LogP) is 1.70. The summed E-state index contributed by atoms with van der Waals surface area (Å²) in [5.41, 5.74) is 2.76. The Balaban J connectivity index is 1.87. The minimum Gasteiger partial charge on any atom is -0.480 e. The van der Waals surface area contributed by atoms with Gasteiger partial charge in [-0.2, -0.15) is 5.10 Å². The smallest absolute Gasteiger partial charge is 0.257 e. The van der Waals surface area contributed by atoms with E-state index in [1.165, 1.54) is 0 Å². The fraction of sp³-hybridized carbons (Fsp3) is 0.444. The third kappa shape index (κ3) is 4.58. The third-order valence-corrected chi connectivity index (χ3v) is 4.08. The molecule has 1 amide bonds. The van der Waals surface area contributed by atoms with Crippen molar-refractivity contribution in [2.24, 2.45) is 7.05 Å². The van der Waals surface area contributed by atoms with Crippen molar-refractivity contribution >= 4 is 5.91 Å². The van der Waals surface area contributed by atoms with Crippen LogP contribution in [-0.4, -0.2) is 40.6 Å². The molecule has 1 aromatic carbocycles. The number of carbonyl (C=O) groups excluding carboxylic acids is 1. The molecule has 1 heterocycles.